The second-order valence-corrected chi connectivity index (χ2v) is 6.14. The molecule has 138 valence electrons. The molecule has 0 spiro atoms. The number of carbonyl (C=O) groups excluding carboxylic acids is 1. The third-order valence-electron chi connectivity index (χ3n) is 4.20. The highest BCUT2D eigenvalue weighted by atomic mass is 19.1. The predicted molar refractivity (Wildman–Crippen MR) is 96.8 cm³/mol. The molecule has 26 heavy (non-hydrogen) atoms. The minimum atomic E-state index is -0.303. The van der Waals surface area contributed by atoms with Gasteiger partial charge < -0.3 is 14.8 Å². The van der Waals surface area contributed by atoms with E-state index in [2.05, 4.69) is 10.2 Å². The highest BCUT2D eigenvalue weighted by Crippen LogP contribution is 2.11. The van der Waals surface area contributed by atoms with Gasteiger partial charge in [0.15, 0.2) is 0 Å². The van der Waals surface area contributed by atoms with Crippen molar-refractivity contribution in [3.8, 4) is 5.75 Å². The molecule has 1 aliphatic heterocycles. The van der Waals surface area contributed by atoms with E-state index >= 15 is 0 Å². The first-order valence-electron chi connectivity index (χ1n) is 8.76. The average molecular weight is 358 g/mol. The van der Waals surface area contributed by atoms with Crippen LogP contribution in [-0.4, -0.2) is 50.3 Å². The first-order valence-corrected chi connectivity index (χ1v) is 8.76. The second kappa shape index (κ2) is 9.31. The van der Waals surface area contributed by atoms with Crippen molar-refractivity contribution in [1.29, 1.82) is 0 Å². The number of hydrogen-bond acceptors (Lipinski definition) is 4. The molecule has 1 heterocycles. The van der Waals surface area contributed by atoms with Crippen molar-refractivity contribution < 1.29 is 18.7 Å². The van der Waals surface area contributed by atoms with Crippen molar-refractivity contribution in [2.24, 2.45) is 0 Å². The molecule has 0 bridgehead atoms. The van der Waals surface area contributed by atoms with E-state index in [1.165, 1.54) is 17.7 Å². The molecule has 1 fully saturated rings. The van der Waals surface area contributed by atoms with Gasteiger partial charge in [-0.25, -0.2) is 4.39 Å². The van der Waals surface area contributed by atoms with Crippen LogP contribution in [-0.2, 0) is 11.3 Å². The number of hydrogen-bond donors (Lipinski definition) is 1. The third kappa shape index (κ3) is 5.54. The Hall–Kier alpha value is -2.44. The van der Waals surface area contributed by atoms with Gasteiger partial charge in [0.25, 0.3) is 5.91 Å². The molecule has 0 aromatic heterocycles. The summed E-state index contributed by atoms with van der Waals surface area (Å²) in [4.78, 5) is 14.5. The van der Waals surface area contributed by atoms with Crippen molar-refractivity contribution in [3.63, 3.8) is 0 Å². The molecule has 1 N–H and O–H groups in total. The third-order valence-corrected chi connectivity index (χ3v) is 4.20. The van der Waals surface area contributed by atoms with Gasteiger partial charge in [-0.2, -0.15) is 0 Å². The Kier molecular flexibility index (Phi) is 6.57. The van der Waals surface area contributed by atoms with E-state index in [1.807, 2.05) is 24.3 Å². The molecule has 2 aromatic carbocycles. The summed E-state index contributed by atoms with van der Waals surface area (Å²) in [5, 5.41) is 2.82. The van der Waals surface area contributed by atoms with Crippen LogP contribution in [0, 0.1) is 5.82 Å². The minimum absolute atomic E-state index is 0.134. The van der Waals surface area contributed by atoms with Crippen LogP contribution in [0.2, 0.25) is 0 Å². The van der Waals surface area contributed by atoms with Gasteiger partial charge in [-0.1, -0.05) is 12.1 Å². The van der Waals surface area contributed by atoms with Crippen molar-refractivity contribution in [3.05, 3.63) is 65.5 Å². The zero-order valence-electron chi connectivity index (χ0n) is 14.6. The maximum atomic E-state index is 12.8. The first kappa shape index (κ1) is 18.4. The minimum Gasteiger partial charge on any atom is -0.492 e. The normalized spacial score (nSPS) is 14.8. The van der Waals surface area contributed by atoms with E-state index < -0.39 is 0 Å². The van der Waals surface area contributed by atoms with Crippen molar-refractivity contribution in [1.82, 2.24) is 10.2 Å². The van der Waals surface area contributed by atoms with Gasteiger partial charge in [0.2, 0.25) is 0 Å². The molecule has 0 atom stereocenters. The number of benzene rings is 2. The van der Waals surface area contributed by atoms with Crippen LogP contribution in [0.1, 0.15) is 15.9 Å². The monoisotopic (exact) mass is 358 g/mol. The number of halogens is 1. The van der Waals surface area contributed by atoms with Gasteiger partial charge >= 0.3 is 0 Å². The highest BCUT2D eigenvalue weighted by Gasteiger charge is 2.11. The Morgan fingerprint density at radius 1 is 1.08 bits per heavy atom. The summed E-state index contributed by atoms with van der Waals surface area (Å²) in [5.74, 6) is 0.140. The van der Waals surface area contributed by atoms with E-state index in [-0.39, 0.29) is 11.7 Å². The summed E-state index contributed by atoms with van der Waals surface area (Å²) in [6, 6.07) is 13.4. The number of amides is 1. The van der Waals surface area contributed by atoms with Gasteiger partial charge in [0.05, 0.1) is 19.8 Å². The molecule has 0 saturated carbocycles. The van der Waals surface area contributed by atoms with Crippen LogP contribution in [0.5, 0.6) is 5.75 Å². The van der Waals surface area contributed by atoms with Crippen LogP contribution in [0.3, 0.4) is 0 Å². The number of morpholine rings is 1. The SMILES string of the molecule is O=C(NCCOc1ccc(F)cc1)c1ccc(CN2CCOCC2)cc1. The zero-order valence-corrected chi connectivity index (χ0v) is 14.6. The van der Waals surface area contributed by atoms with Crippen LogP contribution in [0.4, 0.5) is 4.39 Å². The number of nitrogens with zero attached hydrogens (tertiary/aromatic N) is 1. The van der Waals surface area contributed by atoms with Gasteiger partial charge in [-0.3, -0.25) is 9.69 Å². The maximum Gasteiger partial charge on any atom is 0.251 e. The Bertz CT molecular complexity index is 698. The summed E-state index contributed by atoms with van der Waals surface area (Å²) >= 11 is 0. The Morgan fingerprint density at radius 2 is 1.77 bits per heavy atom. The molecule has 0 radical (unpaired) electrons. The van der Waals surface area contributed by atoms with Crippen molar-refractivity contribution >= 4 is 5.91 Å². The Morgan fingerprint density at radius 3 is 2.46 bits per heavy atom. The number of nitrogens with one attached hydrogen (secondary N) is 1. The molecule has 3 rings (SSSR count). The fraction of sp³-hybridized carbons (Fsp3) is 0.350. The molecule has 6 heteroatoms. The molecule has 1 amide bonds. The lowest BCUT2D eigenvalue weighted by atomic mass is 10.1. The van der Waals surface area contributed by atoms with Crippen LogP contribution < -0.4 is 10.1 Å². The molecule has 1 saturated heterocycles. The highest BCUT2D eigenvalue weighted by molar-refractivity contribution is 5.94. The molecular formula is C20H23FN2O3. The lowest BCUT2D eigenvalue weighted by Gasteiger charge is -2.26. The van der Waals surface area contributed by atoms with Crippen molar-refractivity contribution in [2.45, 2.75) is 6.54 Å². The summed E-state index contributed by atoms with van der Waals surface area (Å²) in [6.07, 6.45) is 0. The average Bonchev–Trinajstić information content (AvgIpc) is 2.68. The van der Waals surface area contributed by atoms with Crippen molar-refractivity contribution in [2.75, 3.05) is 39.5 Å². The van der Waals surface area contributed by atoms with Gasteiger partial charge in [0, 0.05) is 25.2 Å². The number of rotatable bonds is 7. The molecule has 0 unspecified atom stereocenters. The van der Waals surface area contributed by atoms with E-state index in [4.69, 9.17) is 9.47 Å². The zero-order chi connectivity index (χ0) is 18.2. The standard InChI is InChI=1S/C20H23FN2O3/c21-18-5-7-19(8-6-18)26-12-9-22-20(24)17-3-1-16(2-4-17)15-23-10-13-25-14-11-23/h1-8H,9-15H2,(H,22,24). The molecule has 1 aliphatic rings. The Labute approximate surface area is 152 Å². The van der Waals surface area contributed by atoms with E-state index in [0.29, 0.717) is 24.5 Å². The molecule has 0 aliphatic carbocycles. The van der Waals surface area contributed by atoms with Gasteiger partial charge in [0.1, 0.15) is 18.2 Å². The molecule has 2 aromatic rings. The molecule has 5 nitrogen and oxygen atoms in total. The number of carbonyl (C=O) groups is 1. The fourth-order valence-electron chi connectivity index (χ4n) is 2.75. The summed E-state index contributed by atoms with van der Waals surface area (Å²) in [6.45, 7) is 5.02. The fourth-order valence-corrected chi connectivity index (χ4v) is 2.75. The van der Waals surface area contributed by atoms with E-state index in [1.54, 1.807) is 12.1 Å². The summed E-state index contributed by atoms with van der Waals surface area (Å²) in [7, 11) is 0. The van der Waals surface area contributed by atoms with Crippen LogP contribution in [0.15, 0.2) is 48.5 Å². The topological polar surface area (TPSA) is 50.8 Å². The second-order valence-electron chi connectivity index (χ2n) is 6.14. The largest absolute Gasteiger partial charge is 0.492 e. The van der Waals surface area contributed by atoms with Gasteiger partial charge in [-0.15, -0.1) is 0 Å². The summed E-state index contributed by atoms with van der Waals surface area (Å²) < 4.78 is 23.6. The lowest BCUT2D eigenvalue weighted by molar-refractivity contribution is 0.0342. The Balaban J connectivity index is 1.40. The molecular weight excluding hydrogens is 335 g/mol. The quantitative estimate of drug-likeness (QED) is 0.773. The first-order chi connectivity index (χ1) is 12.7. The van der Waals surface area contributed by atoms with E-state index in [9.17, 15) is 9.18 Å². The lowest BCUT2D eigenvalue weighted by Crippen LogP contribution is -2.35. The smallest absolute Gasteiger partial charge is 0.251 e. The maximum absolute atomic E-state index is 12.8. The van der Waals surface area contributed by atoms with Crippen LogP contribution >= 0.6 is 0 Å². The predicted octanol–water partition coefficient (Wildman–Crippen LogP) is 2.47. The van der Waals surface area contributed by atoms with E-state index in [0.717, 1.165) is 32.8 Å². The summed E-state index contributed by atoms with van der Waals surface area (Å²) in [5.41, 5.74) is 1.81. The number of ether oxygens (including phenoxy) is 2. The van der Waals surface area contributed by atoms with Gasteiger partial charge in [-0.05, 0) is 42.0 Å². The van der Waals surface area contributed by atoms with Crippen LogP contribution in [0.25, 0.3) is 0 Å².